The smallest absolute Gasteiger partial charge is 0.248 e. The zero-order chi connectivity index (χ0) is 25.8. The minimum Gasteiger partial charge on any atom is -0.457 e. The summed E-state index contributed by atoms with van der Waals surface area (Å²) in [4.78, 5) is 37.1. The second-order valence-corrected chi connectivity index (χ2v) is 9.29. The Bertz CT molecular complexity index is 1380. The first-order valence-corrected chi connectivity index (χ1v) is 12.4. The van der Waals surface area contributed by atoms with Crippen molar-refractivity contribution in [1.82, 2.24) is 20.3 Å². The van der Waals surface area contributed by atoms with Crippen LogP contribution in [0.5, 0.6) is 11.5 Å². The van der Waals surface area contributed by atoms with E-state index in [0.29, 0.717) is 33.7 Å². The number of hydrogen-bond acceptors (Lipinski definition) is 7. The third kappa shape index (κ3) is 5.62. The van der Waals surface area contributed by atoms with Crippen LogP contribution >= 0.6 is 0 Å². The summed E-state index contributed by atoms with van der Waals surface area (Å²) in [7, 11) is 0. The third-order valence-electron chi connectivity index (χ3n) is 6.60. The predicted octanol–water partition coefficient (Wildman–Crippen LogP) is 4.20. The fourth-order valence-corrected chi connectivity index (χ4v) is 4.60. The number of rotatable bonds is 8. The zero-order valence-electron chi connectivity index (χ0n) is 20.5. The number of aromatic amines is 1. The van der Waals surface area contributed by atoms with Crippen molar-refractivity contribution < 1.29 is 19.4 Å². The molecule has 0 saturated heterocycles. The molecule has 190 valence electrons. The molecule has 4 N–H and O–H groups in total. The number of aliphatic hydroxyl groups is 1. The highest BCUT2D eigenvalue weighted by atomic mass is 16.5. The number of anilines is 1. The van der Waals surface area contributed by atoms with Crippen LogP contribution in [0.25, 0.3) is 11.0 Å². The fraction of sp³-hybridized carbons (Fsp3) is 0.286. The Morgan fingerprint density at radius 3 is 2.35 bits per heavy atom. The van der Waals surface area contributed by atoms with Crippen molar-refractivity contribution >= 4 is 28.5 Å². The van der Waals surface area contributed by atoms with Gasteiger partial charge in [-0.3, -0.25) is 9.59 Å². The number of ether oxygens (including phenoxy) is 1. The number of nitrogens with one attached hydrogen (secondary N) is 3. The van der Waals surface area contributed by atoms with Crippen LogP contribution in [0, 0.1) is 0 Å². The van der Waals surface area contributed by atoms with E-state index in [4.69, 9.17) is 4.74 Å². The molecule has 0 unspecified atom stereocenters. The lowest BCUT2D eigenvalue weighted by Crippen LogP contribution is -2.43. The Morgan fingerprint density at radius 1 is 0.973 bits per heavy atom. The summed E-state index contributed by atoms with van der Waals surface area (Å²) in [5.41, 5.74) is 1.61. The van der Waals surface area contributed by atoms with Gasteiger partial charge in [-0.15, -0.1) is 0 Å². The van der Waals surface area contributed by atoms with E-state index >= 15 is 0 Å². The van der Waals surface area contributed by atoms with E-state index in [9.17, 15) is 14.7 Å². The highest BCUT2D eigenvalue weighted by molar-refractivity contribution is 6.18. The summed E-state index contributed by atoms with van der Waals surface area (Å²) in [6, 6.07) is 16.7. The summed E-state index contributed by atoms with van der Waals surface area (Å²) in [6.45, 7) is 1.46. The second-order valence-electron chi connectivity index (χ2n) is 9.29. The van der Waals surface area contributed by atoms with Gasteiger partial charge in [0, 0.05) is 23.8 Å². The van der Waals surface area contributed by atoms with Crippen LogP contribution in [-0.2, 0) is 4.79 Å². The number of benzene rings is 2. The molecule has 1 aliphatic carbocycles. The quantitative estimate of drug-likeness (QED) is 0.267. The van der Waals surface area contributed by atoms with Crippen molar-refractivity contribution in [3.8, 4) is 11.5 Å². The molecule has 1 fully saturated rings. The topological polar surface area (TPSA) is 129 Å². The molecule has 1 atom stereocenters. The first-order valence-electron chi connectivity index (χ1n) is 12.4. The van der Waals surface area contributed by atoms with Gasteiger partial charge in [-0.2, -0.15) is 0 Å². The van der Waals surface area contributed by atoms with Gasteiger partial charge >= 0.3 is 0 Å². The van der Waals surface area contributed by atoms with Crippen LogP contribution < -0.4 is 15.4 Å². The van der Waals surface area contributed by atoms with Gasteiger partial charge in [0.05, 0.1) is 10.9 Å². The Morgan fingerprint density at radius 2 is 1.65 bits per heavy atom. The van der Waals surface area contributed by atoms with Crippen molar-refractivity contribution in [2.45, 2.75) is 50.8 Å². The van der Waals surface area contributed by atoms with Gasteiger partial charge in [0.2, 0.25) is 5.91 Å². The molecule has 0 spiro atoms. The maximum Gasteiger partial charge on any atom is 0.248 e. The zero-order valence-corrected chi connectivity index (χ0v) is 20.5. The summed E-state index contributed by atoms with van der Waals surface area (Å²) in [5, 5.41) is 16.5. The summed E-state index contributed by atoms with van der Waals surface area (Å²) in [5.74, 6) is 1.50. The van der Waals surface area contributed by atoms with E-state index in [-0.39, 0.29) is 23.8 Å². The molecule has 0 bridgehead atoms. The molecular formula is C28H29N5O4. The lowest BCUT2D eigenvalue weighted by molar-refractivity contribution is -0.129. The van der Waals surface area contributed by atoms with Crippen LogP contribution in [0.1, 0.15) is 48.5 Å². The highest BCUT2D eigenvalue weighted by Gasteiger charge is 2.25. The molecule has 9 heteroatoms. The average Bonchev–Trinajstić information content (AvgIpc) is 3.36. The minimum atomic E-state index is -1.01. The lowest BCUT2D eigenvalue weighted by Gasteiger charge is -2.30. The fourth-order valence-electron chi connectivity index (χ4n) is 4.60. The number of aliphatic hydroxyl groups excluding tert-OH is 1. The Balaban J connectivity index is 1.29. The number of amides is 1. The molecule has 4 aromatic rings. The van der Waals surface area contributed by atoms with Crippen molar-refractivity contribution in [3.05, 3.63) is 78.2 Å². The molecule has 0 radical (unpaired) electrons. The SMILES string of the molecule is C[C@H](O)C(=O)N[C@H]1CC[C@@H](Nc2ncnc3[nH]cc(C(=O)c4ccc(Oc5ccccc5)cc4)c23)CC1. The number of ketones is 1. The molecule has 2 heterocycles. The van der Waals surface area contributed by atoms with Gasteiger partial charge in [0.1, 0.15) is 35.4 Å². The second kappa shape index (κ2) is 10.8. The molecule has 1 saturated carbocycles. The van der Waals surface area contributed by atoms with E-state index in [1.807, 2.05) is 30.3 Å². The summed E-state index contributed by atoms with van der Waals surface area (Å²) in [6.07, 6.45) is 5.37. The van der Waals surface area contributed by atoms with Gasteiger partial charge in [0.25, 0.3) is 0 Å². The molecule has 9 nitrogen and oxygen atoms in total. The summed E-state index contributed by atoms with van der Waals surface area (Å²) >= 11 is 0. The Hall–Kier alpha value is -4.24. The van der Waals surface area contributed by atoms with E-state index in [1.54, 1.807) is 30.5 Å². The molecule has 37 heavy (non-hydrogen) atoms. The van der Waals surface area contributed by atoms with Gasteiger partial charge in [-0.1, -0.05) is 18.2 Å². The molecule has 1 aliphatic rings. The molecule has 5 rings (SSSR count). The molecule has 1 amide bonds. The largest absolute Gasteiger partial charge is 0.457 e. The van der Waals surface area contributed by atoms with Gasteiger partial charge in [-0.25, -0.2) is 9.97 Å². The maximum atomic E-state index is 13.4. The van der Waals surface area contributed by atoms with E-state index in [2.05, 4.69) is 25.6 Å². The van der Waals surface area contributed by atoms with E-state index in [0.717, 1.165) is 31.4 Å². The van der Waals surface area contributed by atoms with Crippen LogP contribution in [0.3, 0.4) is 0 Å². The Kier molecular flexibility index (Phi) is 7.14. The normalized spacial score (nSPS) is 18.2. The monoisotopic (exact) mass is 499 g/mol. The number of H-pyrrole nitrogens is 1. The highest BCUT2D eigenvalue weighted by Crippen LogP contribution is 2.29. The predicted molar refractivity (Wildman–Crippen MR) is 140 cm³/mol. The Labute approximate surface area is 214 Å². The van der Waals surface area contributed by atoms with Gasteiger partial charge < -0.3 is 25.5 Å². The van der Waals surface area contributed by atoms with Crippen LogP contribution in [0.4, 0.5) is 5.82 Å². The number of carbonyl (C=O) groups is 2. The van der Waals surface area contributed by atoms with Crippen molar-refractivity contribution in [2.75, 3.05) is 5.32 Å². The van der Waals surface area contributed by atoms with Gasteiger partial charge in [0.15, 0.2) is 5.78 Å². The van der Waals surface area contributed by atoms with Crippen molar-refractivity contribution in [3.63, 3.8) is 0 Å². The number of para-hydroxylation sites is 1. The maximum absolute atomic E-state index is 13.4. The minimum absolute atomic E-state index is 0.0452. The molecule has 2 aromatic carbocycles. The van der Waals surface area contributed by atoms with Gasteiger partial charge in [-0.05, 0) is 69.0 Å². The van der Waals surface area contributed by atoms with Crippen molar-refractivity contribution in [1.29, 1.82) is 0 Å². The van der Waals surface area contributed by atoms with E-state index in [1.165, 1.54) is 13.3 Å². The standard InChI is InChI=1S/C28H29N5O4/c1-17(34)28(36)33-20-11-9-19(10-12-20)32-27-24-23(15-29-26(24)30-16-31-27)25(35)18-7-13-22(14-8-18)37-21-5-3-2-4-6-21/h2-8,13-17,19-20,34H,9-12H2,1H3,(H,33,36)(H2,29,30,31,32)/t17-,19-,20+/m0/s1. The number of carbonyl (C=O) groups excluding carboxylic acids is 2. The third-order valence-corrected chi connectivity index (χ3v) is 6.60. The molecule has 0 aliphatic heterocycles. The van der Waals surface area contributed by atoms with Crippen LogP contribution in [0.2, 0.25) is 0 Å². The number of aromatic nitrogens is 3. The molecule has 2 aromatic heterocycles. The first-order chi connectivity index (χ1) is 18.0. The number of hydrogen-bond donors (Lipinski definition) is 4. The van der Waals surface area contributed by atoms with Crippen molar-refractivity contribution in [2.24, 2.45) is 0 Å². The average molecular weight is 500 g/mol. The molecular weight excluding hydrogens is 470 g/mol. The number of fused-ring (bicyclic) bond motifs is 1. The number of nitrogens with zero attached hydrogens (tertiary/aromatic N) is 2. The van der Waals surface area contributed by atoms with Crippen LogP contribution in [0.15, 0.2) is 67.1 Å². The lowest BCUT2D eigenvalue weighted by atomic mass is 9.91. The summed E-state index contributed by atoms with van der Waals surface area (Å²) < 4.78 is 5.83. The van der Waals surface area contributed by atoms with E-state index < -0.39 is 6.10 Å². The first kappa shape index (κ1) is 24.5. The van der Waals surface area contributed by atoms with Crippen LogP contribution in [-0.4, -0.2) is 49.9 Å².